The second kappa shape index (κ2) is 7.38. The number of hydrogen-bond acceptors (Lipinski definition) is 4. The zero-order chi connectivity index (χ0) is 17.0. The van der Waals surface area contributed by atoms with Crippen LogP contribution in [0.2, 0.25) is 0 Å². The van der Waals surface area contributed by atoms with E-state index in [1.807, 2.05) is 0 Å². The van der Waals surface area contributed by atoms with Gasteiger partial charge in [-0.25, -0.2) is 13.6 Å². The average Bonchev–Trinajstić information content (AvgIpc) is 2.88. The molecule has 0 aromatic carbocycles. The van der Waals surface area contributed by atoms with Gasteiger partial charge in [0.25, 0.3) is 6.43 Å². The van der Waals surface area contributed by atoms with Crippen LogP contribution in [0.15, 0.2) is 6.07 Å². The summed E-state index contributed by atoms with van der Waals surface area (Å²) in [4.78, 5) is 26.9. The monoisotopic (exact) mass is 330 g/mol. The molecule has 2 rings (SSSR count). The molecule has 1 aliphatic heterocycles. The molecule has 7 nitrogen and oxygen atoms in total. The molecule has 128 valence electrons. The van der Waals surface area contributed by atoms with Gasteiger partial charge < -0.3 is 14.5 Å². The van der Waals surface area contributed by atoms with E-state index in [1.165, 1.54) is 11.0 Å². The highest BCUT2D eigenvalue weighted by molar-refractivity contribution is 5.76. The van der Waals surface area contributed by atoms with Crippen LogP contribution >= 0.6 is 0 Å². The van der Waals surface area contributed by atoms with Gasteiger partial charge >= 0.3 is 6.09 Å². The summed E-state index contributed by atoms with van der Waals surface area (Å²) < 4.78 is 31.8. The summed E-state index contributed by atoms with van der Waals surface area (Å²) in [6, 6.07) is 1.27. The third-order valence-electron chi connectivity index (χ3n) is 3.60. The number of aromatic nitrogens is 2. The molecule has 0 unspecified atom stereocenters. The van der Waals surface area contributed by atoms with Crippen molar-refractivity contribution in [1.82, 2.24) is 19.6 Å². The fraction of sp³-hybridized carbons (Fsp3) is 0.643. The Bertz CT molecular complexity index is 568. The zero-order valence-electron chi connectivity index (χ0n) is 13.2. The van der Waals surface area contributed by atoms with Crippen LogP contribution in [0, 0.1) is 6.92 Å². The number of carbonyl (C=O) groups is 2. The first-order valence-electron chi connectivity index (χ1n) is 7.44. The fourth-order valence-corrected chi connectivity index (χ4v) is 2.45. The number of halogens is 2. The molecule has 23 heavy (non-hydrogen) atoms. The number of piperazine rings is 1. The Labute approximate surface area is 132 Å². The normalized spacial score (nSPS) is 15.2. The summed E-state index contributed by atoms with van der Waals surface area (Å²) in [7, 11) is 0. The molecule has 0 N–H and O–H groups in total. The summed E-state index contributed by atoms with van der Waals surface area (Å²) in [5, 5.41) is 3.94. The molecule has 1 aromatic rings. The van der Waals surface area contributed by atoms with E-state index in [0.29, 0.717) is 38.5 Å². The van der Waals surface area contributed by atoms with Crippen LogP contribution in [0.3, 0.4) is 0 Å². The maximum Gasteiger partial charge on any atom is 0.409 e. The number of hydrogen-bond donors (Lipinski definition) is 0. The van der Waals surface area contributed by atoms with Crippen molar-refractivity contribution in [3.05, 3.63) is 17.5 Å². The van der Waals surface area contributed by atoms with Gasteiger partial charge in [-0.1, -0.05) is 0 Å². The second-order valence-corrected chi connectivity index (χ2v) is 5.24. The Morgan fingerprint density at radius 2 is 1.87 bits per heavy atom. The molecular weight excluding hydrogens is 310 g/mol. The van der Waals surface area contributed by atoms with Gasteiger partial charge in [-0.15, -0.1) is 0 Å². The molecule has 1 aromatic heterocycles. The Kier molecular flexibility index (Phi) is 5.51. The van der Waals surface area contributed by atoms with Crippen LogP contribution in [-0.4, -0.2) is 64.4 Å². The smallest absolute Gasteiger partial charge is 0.409 e. The van der Waals surface area contributed by atoms with Gasteiger partial charge in [0, 0.05) is 26.2 Å². The number of carbonyl (C=O) groups excluding carboxylic acids is 2. The Morgan fingerprint density at radius 3 is 2.43 bits per heavy atom. The lowest BCUT2D eigenvalue weighted by molar-refractivity contribution is -0.133. The van der Waals surface area contributed by atoms with Crippen molar-refractivity contribution in [2.24, 2.45) is 0 Å². The molecule has 9 heteroatoms. The fourth-order valence-electron chi connectivity index (χ4n) is 2.45. The van der Waals surface area contributed by atoms with Crippen molar-refractivity contribution in [3.8, 4) is 0 Å². The van der Waals surface area contributed by atoms with Gasteiger partial charge in [-0.2, -0.15) is 5.10 Å². The van der Waals surface area contributed by atoms with E-state index in [-0.39, 0.29) is 18.1 Å². The molecule has 1 aliphatic rings. The van der Waals surface area contributed by atoms with E-state index < -0.39 is 12.5 Å². The highest BCUT2D eigenvalue weighted by atomic mass is 19.3. The zero-order valence-corrected chi connectivity index (χ0v) is 13.2. The molecule has 1 fully saturated rings. The van der Waals surface area contributed by atoms with Crippen molar-refractivity contribution >= 4 is 12.0 Å². The van der Waals surface area contributed by atoms with Crippen molar-refractivity contribution in [2.75, 3.05) is 32.8 Å². The molecule has 2 heterocycles. The highest BCUT2D eigenvalue weighted by Crippen LogP contribution is 2.19. The van der Waals surface area contributed by atoms with Gasteiger partial charge in [0.1, 0.15) is 12.2 Å². The Hall–Kier alpha value is -2.19. The van der Waals surface area contributed by atoms with E-state index in [0.717, 1.165) is 4.68 Å². The predicted octanol–water partition coefficient (Wildman–Crippen LogP) is 1.43. The first kappa shape index (κ1) is 17.2. The number of aryl methyl sites for hydroxylation is 1. The lowest BCUT2D eigenvalue weighted by Gasteiger charge is -2.34. The van der Waals surface area contributed by atoms with Crippen molar-refractivity contribution in [2.45, 2.75) is 26.8 Å². The molecule has 0 saturated carbocycles. The largest absolute Gasteiger partial charge is 0.450 e. The maximum absolute atomic E-state index is 12.9. The molecule has 1 saturated heterocycles. The summed E-state index contributed by atoms with van der Waals surface area (Å²) in [6.45, 7) is 4.83. The summed E-state index contributed by atoms with van der Waals surface area (Å²) in [5.74, 6) is -0.293. The van der Waals surface area contributed by atoms with E-state index in [9.17, 15) is 18.4 Å². The van der Waals surface area contributed by atoms with Crippen LogP contribution in [0.25, 0.3) is 0 Å². The molecular formula is C14H20F2N4O3. The lowest BCUT2D eigenvalue weighted by Crippen LogP contribution is -2.51. The minimum Gasteiger partial charge on any atom is -0.450 e. The minimum atomic E-state index is -2.68. The number of nitrogens with zero attached hydrogens (tertiary/aromatic N) is 4. The SMILES string of the molecule is CCOC(=O)N1CCN(C(=O)Cn2nc(C)cc2C(F)F)CC1. The van der Waals surface area contributed by atoms with Crippen molar-refractivity contribution in [3.63, 3.8) is 0 Å². The number of rotatable bonds is 4. The predicted molar refractivity (Wildman–Crippen MR) is 77.1 cm³/mol. The van der Waals surface area contributed by atoms with Crippen LogP contribution < -0.4 is 0 Å². The second-order valence-electron chi connectivity index (χ2n) is 5.24. The van der Waals surface area contributed by atoms with Crippen LogP contribution in [-0.2, 0) is 16.1 Å². The summed E-state index contributed by atoms with van der Waals surface area (Å²) >= 11 is 0. The van der Waals surface area contributed by atoms with Gasteiger partial charge in [-0.3, -0.25) is 9.48 Å². The Balaban J connectivity index is 1.92. The van der Waals surface area contributed by atoms with E-state index in [2.05, 4.69) is 5.10 Å². The molecule has 0 bridgehead atoms. The molecule has 0 radical (unpaired) electrons. The van der Waals surface area contributed by atoms with Crippen LogP contribution in [0.5, 0.6) is 0 Å². The van der Waals surface area contributed by atoms with Crippen molar-refractivity contribution < 1.29 is 23.1 Å². The number of amides is 2. The first-order chi connectivity index (χ1) is 10.9. The molecule has 2 amide bonds. The summed E-state index contributed by atoms with van der Waals surface area (Å²) in [5.41, 5.74) is 0.182. The molecule has 0 atom stereocenters. The van der Waals surface area contributed by atoms with Gasteiger partial charge in [0.2, 0.25) is 5.91 Å². The topological polar surface area (TPSA) is 67.7 Å². The standard InChI is InChI=1S/C14H20F2N4O3/c1-3-23-14(22)19-6-4-18(5-7-19)12(21)9-20-11(13(15)16)8-10(2)17-20/h8,13H,3-7,9H2,1-2H3. The van der Waals surface area contributed by atoms with Crippen LogP contribution in [0.4, 0.5) is 13.6 Å². The number of ether oxygens (including phenoxy) is 1. The minimum absolute atomic E-state index is 0.229. The first-order valence-corrected chi connectivity index (χ1v) is 7.44. The van der Waals surface area contributed by atoms with E-state index in [4.69, 9.17) is 4.74 Å². The van der Waals surface area contributed by atoms with Gasteiger partial charge in [0.05, 0.1) is 12.3 Å². The lowest BCUT2D eigenvalue weighted by atomic mass is 10.3. The van der Waals surface area contributed by atoms with Gasteiger partial charge in [0.15, 0.2) is 0 Å². The number of alkyl halides is 2. The Morgan fingerprint density at radius 1 is 1.26 bits per heavy atom. The van der Waals surface area contributed by atoms with E-state index >= 15 is 0 Å². The quantitative estimate of drug-likeness (QED) is 0.837. The van der Waals surface area contributed by atoms with Crippen molar-refractivity contribution in [1.29, 1.82) is 0 Å². The van der Waals surface area contributed by atoms with E-state index in [1.54, 1.807) is 18.7 Å². The van der Waals surface area contributed by atoms with Gasteiger partial charge in [-0.05, 0) is 19.9 Å². The van der Waals surface area contributed by atoms with Crippen LogP contribution in [0.1, 0.15) is 24.7 Å². The maximum atomic E-state index is 12.9. The third-order valence-corrected chi connectivity index (χ3v) is 3.60. The third kappa shape index (κ3) is 4.17. The average molecular weight is 330 g/mol. The highest BCUT2D eigenvalue weighted by Gasteiger charge is 2.26. The molecule has 0 aliphatic carbocycles. The summed E-state index contributed by atoms with van der Waals surface area (Å²) in [6.07, 6.45) is -3.08. The molecule has 0 spiro atoms.